The summed E-state index contributed by atoms with van der Waals surface area (Å²) in [6.45, 7) is 0. The van der Waals surface area contributed by atoms with Crippen LogP contribution in [0.3, 0.4) is 0 Å². The second-order valence-electron chi connectivity index (χ2n) is 3.79. The molecule has 0 aromatic heterocycles. The van der Waals surface area contributed by atoms with Gasteiger partial charge in [0.1, 0.15) is 5.75 Å². The summed E-state index contributed by atoms with van der Waals surface area (Å²) in [6, 6.07) is 5.42. The standard InChI is InChI=1S/C11H13NO3/c12-15-11(14)8-5-4-7-2-1-3-10(13)9(7)6-8/h1-3,8,13H,4-6,12H2. The lowest BCUT2D eigenvalue weighted by Crippen LogP contribution is -2.26. The van der Waals surface area contributed by atoms with Crippen LogP contribution < -0.4 is 5.90 Å². The third-order valence-corrected chi connectivity index (χ3v) is 2.91. The van der Waals surface area contributed by atoms with Crippen LogP contribution in [0.4, 0.5) is 0 Å². The van der Waals surface area contributed by atoms with E-state index in [1.807, 2.05) is 12.1 Å². The molecular formula is C11H13NO3. The van der Waals surface area contributed by atoms with Crippen molar-refractivity contribution in [2.24, 2.45) is 11.8 Å². The molecule has 1 aliphatic rings. The molecule has 0 aliphatic heterocycles. The van der Waals surface area contributed by atoms with Crippen molar-refractivity contribution in [2.45, 2.75) is 19.3 Å². The SMILES string of the molecule is NOC(=O)C1CCc2cccc(O)c2C1. The van der Waals surface area contributed by atoms with Gasteiger partial charge in [-0.3, -0.25) is 4.79 Å². The molecule has 0 heterocycles. The molecule has 1 aromatic rings. The number of carbonyl (C=O) groups is 1. The number of rotatable bonds is 1. The lowest BCUT2D eigenvalue weighted by atomic mass is 9.83. The Morgan fingerprint density at radius 2 is 2.33 bits per heavy atom. The van der Waals surface area contributed by atoms with Crippen LogP contribution >= 0.6 is 0 Å². The lowest BCUT2D eigenvalue weighted by molar-refractivity contribution is -0.149. The zero-order chi connectivity index (χ0) is 10.8. The minimum absolute atomic E-state index is 0.226. The Bertz CT molecular complexity index is 389. The van der Waals surface area contributed by atoms with Gasteiger partial charge in [-0.15, -0.1) is 0 Å². The first-order chi connectivity index (χ1) is 7.22. The Hall–Kier alpha value is -1.55. The number of phenolic OH excluding ortho intramolecular Hbond substituents is 1. The molecule has 2 rings (SSSR count). The molecule has 0 amide bonds. The van der Waals surface area contributed by atoms with Crippen LogP contribution in [0.2, 0.25) is 0 Å². The van der Waals surface area contributed by atoms with E-state index in [9.17, 15) is 9.90 Å². The molecule has 4 nitrogen and oxygen atoms in total. The molecule has 0 saturated carbocycles. The number of phenols is 1. The highest BCUT2D eigenvalue weighted by molar-refractivity contribution is 5.73. The Kier molecular flexibility index (Phi) is 2.60. The predicted octanol–water partition coefficient (Wildman–Crippen LogP) is 0.914. The van der Waals surface area contributed by atoms with Gasteiger partial charge in [0.05, 0.1) is 5.92 Å². The van der Waals surface area contributed by atoms with Gasteiger partial charge in [-0.2, -0.15) is 5.90 Å². The molecule has 0 fully saturated rings. The van der Waals surface area contributed by atoms with E-state index in [2.05, 4.69) is 4.84 Å². The number of aryl methyl sites for hydroxylation is 1. The summed E-state index contributed by atoms with van der Waals surface area (Å²) in [7, 11) is 0. The summed E-state index contributed by atoms with van der Waals surface area (Å²) in [4.78, 5) is 15.5. The average molecular weight is 207 g/mol. The van der Waals surface area contributed by atoms with Gasteiger partial charge in [-0.1, -0.05) is 12.1 Å². The quantitative estimate of drug-likeness (QED) is 0.671. The number of fused-ring (bicyclic) bond motifs is 1. The van der Waals surface area contributed by atoms with Gasteiger partial charge in [-0.05, 0) is 36.5 Å². The van der Waals surface area contributed by atoms with E-state index in [0.717, 1.165) is 24.0 Å². The van der Waals surface area contributed by atoms with E-state index in [1.165, 1.54) is 0 Å². The molecule has 1 unspecified atom stereocenters. The Labute approximate surface area is 87.6 Å². The minimum Gasteiger partial charge on any atom is -0.508 e. The summed E-state index contributed by atoms with van der Waals surface area (Å²) >= 11 is 0. The topological polar surface area (TPSA) is 72.5 Å². The Morgan fingerprint density at radius 1 is 1.53 bits per heavy atom. The van der Waals surface area contributed by atoms with Gasteiger partial charge in [0.15, 0.2) is 0 Å². The van der Waals surface area contributed by atoms with Gasteiger partial charge < -0.3 is 9.94 Å². The Balaban J connectivity index is 2.26. The number of hydrogen-bond donors (Lipinski definition) is 2. The molecule has 1 aliphatic carbocycles. The molecule has 1 atom stereocenters. The third kappa shape index (κ3) is 1.80. The van der Waals surface area contributed by atoms with Gasteiger partial charge in [0.25, 0.3) is 0 Å². The van der Waals surface area contributed by atoms with Crippen LogP contribution in [0.25, 0.3) is 0 Å². The summed E-state index contributed by atoms with van der Waals surface area (Å²) < 4.78 is 0. The average Bonchev–Trinajstić information content (AvgIpc) is 2.28. The molecule has 4 heteroatoms. The molecule has 3 N–H and O–H groups in total. The van der Waals surface area contributed by atoms with Crippen LogP contribution in [-0.4, -0.2) is 11.1 Å². The van der Waals surface area contributed by atoms with Crippen molar-refractivity contribution >= 4 is 5.97 Å². The van der Waals surface area contributed by atoms with Crippen molar-refractivity contribution in [1.29, 1.82) is 0 Å². The van der Waals surface area contributed by atoms with Crippen molar-refractivity contribution in [3.05, 3.63) is 29.3 Å². The second-order valence-corrected chi connectivity index (χ2v) is 3.79. The molecule has 0 spiro atoms. The molecular weight excluding hydrogens is 194 g/mol. The van der Waals surface area contributed by atoms with Crippen LogP contribution in [0.1, 0.15) is 17.5 Å². The molecule has 0 bridgehead atoms. The highest BCUT2D eigenvalue weighted by atomic mass is 16.7. The number of benzene rings is 1. The number of hydrogen-bond acceptors (Lipinski definition) is 4. The van der Waals surface area contributed by atoms with Crippen LogP contribution in [-0.2, 0) is 22.5 Å². The highest BCUT2D eigenvalue weighted by Crippen LogP contribution is 2.31. The molecule has 80 valence electrons. The van der Waals surface area contributed by atoms with Crippen molar-refractivity contribution in [3.8, 4) is 5.75 Å². The zero-order valence-electron chi connectivity index (χ0n) is 8.27. The number of carbonyl (C=O) groups excluding carboxylic acids is 1. The smallest absolute Gasteiger partial charge is 0.327 e. The van der Waals surface area contributed by atoms with E-state index in [4.69, 9.17) is 5.90 Å². The normalized spacial score (nSPS) is 19.4. The summed E-state index contributed by atoms with van der Waals surface area (Å²) in [5.41, 5.74) is 1.95. The van der Waals surface area contributed by atoms with Crippen molar-refractivity contribution in [2.75, 3.05) is 0 Å². The molecule has 1 aromatic carbocycles. The van der Waals surface area contributed by atoms with Crippen LogP contribution in [0.15, 0.2) is 18.2 Å². The van der Waals surface area contributed by atoms with Gasteiger partial charge in [-0.25, -0.2) is 0 Å². The van der Waals surface area contributed by atoms with E-state index in [0.29, 0.717) is 6.42 Å². The first-order valence-corrected chi connectivity index (χ1v) is 4.92. The van der Waals surface area contributed by atoms with Crippen LogP contribution in [0.5, 0.6) is 5.75 Å². The minimum atomic E-state index is -0.399. The first kappa shape index (κ1) is 9.98. The maximum absolute atomic E-state index is 11.3. The van der Waals surface area contributed by atoms with Crippen molar-refractivity contribution in [3.63, 3.8) is 0 Å². The number of nitrogens with two attached hydrogens (primary N) is 1. The van der Waals surface area contributed by atoms with Gasteiger partial charge >= 0.3 is 5.97 Å². The largest absolute Gasteiger partial charge is 0.508 e. The van der Waals surface area contributed by atoms with Crippen LogP contribution in [0, 0.1) is 5.92 Å². The third-order valence-electron chi connectivity index (χ3n) is 2.91. The second kappa shape index (κ2) is 3.90. The summed E-state index contributed by atoms with van der Waals surface area (Å²) in [5.74, 6) is 4.48. The summed E-state index contributed by atoms with van der Waals surface area (Å²) in [6.07, 6.45) is 2.02. The van der Waals surface area contributed by atoms with E-state index in [1.54, 1.807) is 6.07 Å². The maximum atomic E-state index is 11.3. The maximum Gasteiger partial charge on any atom is 0.327 e. The van der Waals surface area contributed by atoms with Gasteiger partial charge in [0.2, 0.25) is 0 Å². The Morgan fingerprint density at radius 3 is 3.07 bits per heavy atom. The monoisotopic (exact) mass is 207 g/mol. The first-order valence-electron chi connectivity index (χ1n) is 4.92. The zero-order valence-corrected chi connectivity index (χ0v) is 8.27. The van der Waals surface area contributed by atoms with E-state index >= 15 is 0 Å². The highest BCUT2D eigenvalue weighted by Gasteiger charge is 2.27. The molecule has 0 radical (unpaired) electrons. The molecule has 15 heavy (non-hydrogen) atoms. The number of aromatic hydroxyl groups is 1. The predicted molar refractivity (Wildman–Crippen MR) is 53.9 cm³/mol. The fourth-order valence-electron chi connectivity index (χ4n) is 2.07. The van der Waals surface area contributed by atoms with E-state index in [-0.39, 0.29) is 11.7 Å². The summed E-state index contributed by atoms with van der Waals surface area (Å²) in [5, 5.41) is 9.65. The van der Waals surface area contributed by atoms with E-state index < -0.39 is 5.97 Å². The lowest BCUT2D eigenvalue weighted by Gasteiger charge is -2.22. The van der Waals surface area contributed by atoms with Crippen molar-refractivity contribution < 1.29 is 14.7 Å². The molecule has 0 saturated heterocycles. The fourth-order valence-corrected chi connectivity index (χ4v) is 2.07. The fraction of sp³-hybridized carbons (Fsp3) is 0.364. The van der Waals surface area contributed by atoms with Crippen molar-refractivity contribution in [1.82, 2.24) is 0 Å². The van der Waals surface area contributed by atoms with Gasteiger partial charge in [0, 0.05) is 0 Å².